The molecule has 2 aromatic carbocycles. The summed E-state index contributed by atoms with van der Waals surface area (Å²) in [5.74, 6) is 0.0717. The molecule has 3 aromatic rings. The number of para-hydroxylation sites is 1. The minimum absolute atomic E-state index is 0.0490. The topological polar surface area (TPSA) is 79.9 Å². The molecule has 23 heavy (non-hydrogen) atoms. The van der Waals surface area contributed by atoms with Crippen LogP contribution in [0.15, 0.2) is 39.6 Å². The molecule has 0 saturated heterocycles. The maximum atomic E-state index is 12.7. The van der Waals surface area contributed by atoms with Crippen LogP contribution >= 0.6 is 0 Å². The number of rotatable bonds is 0. The van der Waals surface area contributed by atoms with Crippen LogP contribution in [-0.4, -0.2) is 15.8 Å². The molecule has 0 fully saturated rings. The largest absolute Gasteiger partial charge is 0.507 e. The minimum Gasteiger partial charge on any atom is -0.507 e. The van der Waals surface area contributed by atoms with Gasteiger partial charge in [-0.2, -0.15) is 0 Å². The van der Waals surface area contributed by atoms with Gasteiger partial charge in [0.2, 0.25) is 5.43 Å². The number of fused-ring (bicyclic) bond motifs is 4. The van der Waals surface area contributed by atoms with Gasteiger partial charge in [0, 0.05) is 5.56 Å². The fourth-order valence-corrected chi connectivity index (χ4v) is 2.83. The van der Waals surface area contributed by atoms with E-state index in [2.05, 4.69) is 0 Å². The molecule has 0 unspecified atom stereocenters. The van der Waals surface area contributed by atoms with Crippen LogP contribution in [0, 0.1) is 0 Å². The third kappa shape index (κ3) is 1.90. The quantitative estimate of drug-likeness (QED) is 0.621. The van der Waals surface area contributed by atoms with Gasteiger partial charge in [-0.3, -0.25) is 4.79 Å². The molecule has 5 heteroatoms. The molecule has 1 aliphatic heterocycles. The molecule has 2 N–H and O–H groups in total. The van der Waals surface area contributed by atoms with Crippen molar-refractivity contribution in [1.82, 2.24) is 0 Å². The van der Waals surface area contributed by atoms with Gasteiger partial charge in [0.25, 0.3) is 0 Å². The standard InChI is InChI=1S/C18H14O5/c1-18(2)7-6-9-8-12(20)13-14(21)10-4-3-5-11(19)16(10)22-17(13)15(9)23-18/h3-8,19-20H,1-2H3. The van der Waals surface area contributed by atoms with Gasteiger partial charge in [-0.25, -0.2) is 0 Å². The number of phenols is 2. The SMILES string of the molecule is CC1(C)C=Cc2cc(O)c3c(=O)c4cccc(O)c4oc3c2O1. The smallest absolute Gasteiger partial charge is 0.204 e. The van der Waals surface area contributed by atoms with E-state index in [-0.39, 0.29) is 33.4 Å². The first-order valence-electron chi connectivity index (χ1n) is 7.20. The Bertz CT molecular complexity index is 1060. The fourth-order valence-electron chi connectivity index (χ4n) is 2.83. The van der Waals surface area contributed by atoms with Crippen molar-refractivity contribution < 1.29 is 19.4 Å². The molecule has 5 nitrogen and oxygen atoms in total. The third-order valence-corrected chi connectivity index (χ3v) is 3.94. The predicted octanol–water partition coefficient (Wildman–Crippen LogP) is 3.54. The molecule has 1 aromatic heterocycles. The highest BCUT2D eigenvalue weighted by Gasteiger charge is 2.27. The van der Waals surface area contributed by atoms with Crippen LogP contribution in [0.5, 0.6) is 17.2 Å². The summed E-state index contributed by atoms with van der Waals surface area (Å²) in [6.45, 7) is 3.75. The van der Waals surface area contributed by atoms with Crippen molar-refractivity contribution in [1.29, 1.82) is 0 Å². The Balaban J connectivity index is 2.23. The summed E-state index contributed by atoms with van der Waals surface area (Å²) in [4.78, 5) is 12.7. The van der Waals surface area contributed by atoms with Crippen molar-refractivity contribution in [2.75, 3.05) is 0 Å². The van der Waals surface area contributed by atoms with Gasteiger partial charge < -0.3 is 19.4 Å². The number of ether oxygens (including phenoxy) is 1. The average molecular weight is 310 g/mol. The number of hydrogen-bond acceptors (Lipinski definition) is 5. The van der Waals surface area contributed by atoms with E-state index in [0.717, 1.165) is 0 Å². The Morgan fingerprint density at radius 3 is 2.65 bits per heavy atom. The highest BCUT2D eigenvalue weighted by atomic mass is 16.5. The third-order valence-electron chi connectivity index (χ3n) is 3.94. The summed E-state index contributed by atoms with van der Waals surface area (Å²) in [5, 5.41) is 20.5. The van der Waals surface area contributed by atoms with E-state index >= 15 is 0 Å². The molecule has 0 radical (unpaired) electrons. The monoisotopic (exact) mass is 310 g/mol. The Kier molecular flexibility index (Phi) is 2.55. The lowest BCUT2D eigenvalue weighted by molar-refractivity contribution is 0.159. The molecule has 0 atom stereocenters. The Hall–Kier alpha value is -2.95. The Labute approximate surface area is 131 Å². The van der Waals surface area contributed by atoms with E-state index in [1.54, 1.807) is 12.1 Å². The van der Waals surface area contributed by atoms with Crippen molar-refractivity contribution in [2.24, 2.45) is 0 Å². The molecular formula is C18H14O5. The molecule has 2 heterocycles. The zero-order valence-corrected chi connectivity index (χ0v) is 12.6. The van der Waals surface area contributed by atoms with Gasteiger partial charge in [0.05, 0.1) is 5.39 Å². The summed E-state index contributed by atoms with van der Waals surface area (Å²) in [7, 11) is 0. The van der Waals surface area contributed by atoms with Crippen molar-refractivity contribution in [3.63, 3.8) is 0 Å². The zero-order valence-electron chi connectivity index (χ0n) is 12.6. The molecule has 0 saturated carbocycles. The van der Waals surface area contributed by atoms with Gasteiger partial charge in [0.15, 0.2) is 22.7 Å². The maximum absolute atomic E-state index is 12.7. The number of benzene rings is 2. The highest BCUT2D eigenvalue weighted by molar-refractivity contribution is 5.99. The van der Waals surface area contributed by atoms with Gasteiger partial charge in [-0.1, -0.05) is 12.1 Å². The number of aromatic hydroxyl groups is 2. The van der Waals surface area contributed by atoms with E-state index in [1.165, 1.54) is 12.1 Å². The van der Waals surface area contributed by atoms with Crippen LogP contribution in [0.2, 0.25) is 0 Å². The lowest BCUT2D eigenvalue weighted by atomic mass is 10.00. The van der Waals surface area contributed by atoms with Crippen LogP contribution < -0.4 is 10.2 Å². The van der Waals surface area contributed by atoms with Crippen LogP contribution in [0.25, 0.3) is 28.0 Å². The first-order chi connectivity index (χ1) is 10.9. The zero-order chi connectivity index (χ0) is 16.4. The molecule has 1 aliphatic rings. The van der Waals surface area contributed by atoms with E-state index in [9.17, 15) is 15.0 Å². The van der Waals surface area contributed by atoms with Crippen LogP contribution in [-0.2, 0) is 0 Å². The number of hydrogen-bond donors (Lipinski definition) is 2. The molecule has 4 rings (SSSR count). The summed E-state index contributed by atoms with van der Waals surface area (Å²) < 4.78 is 11.7. The average Bonchev–Trinajstić information content (AvgIpc) is 2.49. The normalized spacial score (nSPS) is 15.6. The molecule has 0 spiro atoms. The van der Waals surface area contributed by atoms with Gasteiger partial charge in [0.1, 0.15) is 16.7 Å². The lowest BCUT2D eigenvalue weighted by Crippen LogP contribution is -2.27. The number of phenolic OH excluding ortho intramolecular Hbond substituents is 2. The van der Waals surface area contributed by atoms with Gasteiger partial charge >= 0.3 is 0 Å². The summed E-state index contributed by atoms with van der Waals surface area (Å²) in [6.07, 6.45) is 3.67. The van der Waals surface area contributed by atoms with Crippen LogP contribution in [0.1, 0.15) is 19.4 Å². The molecule has 0 amide bonds. The Morgan fingerprint density at radius 2 is 1.87 bits per heavy atom. The van der Waals surface area contributed by atoms with Crippen molar-refractivity contribution >= 4 is 28.0 Å². The van der Waals surface area contributed by atoms with E-state index in [0.29, 0.717) is 11.3 Å². The second-order valence-electron chi connectivity index (χ2n) is 6.14. The molecule has 116 valence electrons. The van der Waals surface area contributed by atoms with Crippen molar-refractivity contribution in [3.8, 4) is 17.2 Å². The second-order valence-corrected chi connectivity index (χ2v) is 6.14. The molecular weight excluding hydrogens is 296 g/mol. The summed E-state index contributed by atoms with van der Waals surface area (Å²) in [6, 6.07) is 6.02. The van der Waals surface area contributed by atoms with E-state index in [1.807, 2.05) is 26.0 Å². The van der Waals surface area contributed by atoms with Crippen molar-refractivity contribution in [3.05, 3.63) is 46.1 Å². The van der Waals surface area contributed by atoms with Gasteiger partial charge in [-0.15, -0.1) is 0 Å². The summed E-state index contributed by atoms with van der Waals surface area (Å²) in [5.41, 5.74) is -0.144. The van der Waals surface area contributed by atoms with Gasteiger partial charge in [-0.05, 0) is 38.1 Å². The lowest BCUT2D eigenvalue weighted by Gasteiger charge is -2.28. The minimum atomic E-state index is -0.566. The first kappa shape index (κ1) is 13.7. The predicted molar refractivity (Wildman–Crippen MR) is 87.1 cm³/mol. The van der Waals surface area contributed by atoms with E-state index in [4.69, 9.17) is 9.15 Å². The van der Waals surface area contributed by atoms with Crippen LogP contribution in [0.3, 0.4) is 0 Å². The van der Waals surface area contributed by atoms with Crippen molar-refractivity contribution in [2.45, 2.75) is 19.4 Å². The molecule has 0 bridgehead atoms. The molecule has 0 aliphatic carbocycles. The summed E-state index contributed by atoms with van der Waals surface area (Å²) >= 11 is 0. The van der Waals surface area contributed by atoms with E-state index < -0.39 is 11.0 Å². The maximum Gasteiger partial charge on any atom is 0.204 e. The van der Waals surface area contributed by atoms with Crippen LogP contribution in [0.4, 0.5) is 0 Å². The fraction of sp³-hybridized carbons (Fsp3) is 0.167. The Morgan fingerprint density at radius 1 is 1.09 bits per heavy atom. The first-order valence-corrected chi connectivity index (χ1v) is 7.20. The highest BCUT2D eigenvalue weighted by Crippen LogP contribution is 2.42. The second kappa shape index (κ2) is 4.29.